The minimum Gasteiger partial charge on any atom is -0.497 e. The summed E-state index contributed by atoms with van der Waals surface area (Å²) in [5.74, 6) is 1.27. The molecule has 0 spiro atoms. The van der Waals surface area contributed by atoms with Crippen molar-refractivity contribution in [3.63, 3.8) is 0 Å². The number of rotatable bonds is 6. The molecule has 30 heavy (non-hydrogen) atoms. The molecule has 3 aromatic carbocycles. The van der Waals surface area contributed by atoms with Crippen molar-refractivity contribution in [1.29, 1.82) is 0 Å². The average molecular weight is 398 g/mol. The molecule has 150 valence electrons. The first-order valence-corrected chi connectivity index (χ1v) is 9.64. The lowest BCUT2D eigenvalue weighted by atomic mass is 10.0. The monoisotopic (exact) mass is 398 g/mol. The van der Waals surface area contributed by atoms with Gasteiger partial charge in [0.15, 0.2) is 0 Å². The number of methoxy groups -OCH3 is 2. The van der Waals surface area contributed by atoms with Gasteiger partial charge in [0.1, 0.15) is 11.5 Å². The topological polar surface area (TPSA) is 60.5 Å². The summed E-state index contributed by atoms with van der Waals surface area (Å²) in [6.07, 6.45) is 0. The Morgan fingerprint density at radius 1 is 0.900 bits per heavy atom. The minimum absolute atomic E-state index is 0.171. The molecule has 0 saturated carbocycles. The summed E-state index contributed by atoms with van der Waals surface area (Å²) in [7, 11) is 3.24. The van der Waals surface area contributed by atoms with Crippen molar-refractivity contribution in [1.82, 2.24) is 10.3 Å². The lowest BCUT2D eigenvalue weighted by Gasteiger charge is -2.13. The molecule has 0 bridgehead atoms. The van der Waals surface area contributed by atoms with E-state index in [1.165, 1.54) is 0 Å². The molecule has 1 amide bonds. The number of carbonyl (C=O) groups excluding carboxylic acids is 1. The highest BCUT2D eigenvalue weighted by molar-refractivity contribution is 6.07. The Kier molecular flexibility index (Phi) is 5.61. The van der Waals surface area contributed by atoms with Crippen molar-refractivity contribution in [3.8, 4) is 22.8 Å². The van der Waals surface area contributed by atoms with E-state index in [1.54, 1.807) is 14.2 Å². The maximum absolute atomic E-state index is 13.2. The fraction of sp³-hybridized carbons (Fsp3) is 0.120. The summed E-state index contributed by atoms with van der Waals surface area (Å²) in [5, 5.41) is 3.78. The first-order valence-electron chi connectivity index (χ1n) is 9.64. The average Bonchev–Trinajstić information content (AvgIpc) is 2.82. The van der Waals surface area contributed by atoms with Crippen LogP contribution in [-0.4, -0.2) is 25.1 Å². The molecule has 0 aliphatic rings. The van der Waals surface area contributed by atoms with Crippen molar-refractivity contribution >= 4 is 16.8 Å². The molecule has 0 saturated heterocycles. The zero-order valence-corrected chi connectivity index (χ0v) is 16.9. The fourth-order valence-electron chi connectivity index (χ4n) is 3.40. The number of hydrogen-bond acceptors (Lipinski definition) is 4. The number of fused-ring (bicyclic) bond motifs is 1. The molecule has 1 N–H and O–H groups in total. The van der Waals surface area contributed by atoms with E-state index in [2.05, 4.69) is 5.32 Å². The van der Waals surface area contributed by atoms with E-state index in [-0.39, 0.29) is 5.91 Å². The zero-order valence-electron chi connectivity index (χ0n) is 16.9. The van der Waals surface area contributed by atoms with Crippen LogP contribution in [0.2, 0.25) is 0 Å². The van der Waals surface area contributed by atoms with Gasteiger partial charge in [-0.05, 0) is 24.3 Å². The van der Waals surface area contributed by atoms with Gasteiger partial charge >= 0.3 is 0 Å². The second kappa shape index (κ2) is 8.66. The summed E-state index contributed by atoms with van der Waals surface area (Å²) in [6, 6.07) is 24.8. The summed E-state index contributed by atoms with van der Waals surface area (Å²) >= 11 is 0. The smallest absolute Gasteiger partial charge is 0.252 e. The standard InChI is InChI=1S/C25H22N2O3/c1-29-19-12-13-20-21(25(28)26-16-18-10-6-7-11-24(18)30-2)15-22(27-23(20)14-19)17-8-4-3-5-9-17/h3-15H,16H2,1-2H3,(H,26,28). The Morgan fingerprint density at radius 3 is 2.43 bits per heavy atom. The second-order valence-electron chi connectivity index (χ2n) is 6.80. The minimum atomic E-state index is -0.171. The van der Waals surface area contributed by atoms with Crippen LogP contribution in [0.4, 0.5) is 0 Å². The first-order chi connectivity index (χ1) is 14.7. The van der Waals surface area contributed by atoms with Gasteiger partial charge in [0.25, 0.3) is 5.91 Å². The number of nitrogens with zero attached hydrogens (tertiary/aromatic N) is 1. The van der Waals surface area contributed by atoms with Gasteiger partial charge in [-0.3, -0.25) is 4.79 Å². The Balaban J connectivity index is 1.73. The summed E-state index contributed by atoms with van der Waals surface area (Å²) in [6.45, 7) is 0.365. The van der Waals surface area contributed by atoms with Crippen LogP contribution in [0.3, 0.4) is 0 Å². The largest absolute Gasteiger partial charge is 0.497 e. The number of nitrogens with one attached hydrogen (secondary N) is 1. The first kappa shape index (κ1) is 19.5. The Labute approximate surface area is 175 Å². The van der Waals surface area contributed by atoms with Crippen LogP contribution >= 0.6 is 0 Å². The lowest BCUT2D eigenvalue weighted by molar-refractivity contribution is 0.0952. The molecule has 1 heterocycles. The Hall–Kier alpha value is -3.86. The lowest BCUT2D eigenvalue weighted by Crippen LogP contribution is -2.23. The third-order valence-electron chi connectivity index (χ3n) is 4.96. The van der Waals surface area contributed by atoms with Crippen LogP contribution in [0.15, 0.2) is 78.9 Å². The number of pyridine rings is 1. The molecule has 0 fully saturated rings. The van der Waals surface area contributed by atoms with Crippen molar-refractivity contribution in [3.05, 3.63) is 90.0 Å². The van der Waals surface area contributed by atoms with Crippen LogP contribution in [0.1, 0.15) is 15.9 Å². The third kappa shape index (κ3) is 3.96. The van der Waals surface area contributed by atoms with E-state index in [4.69, 9.17) is 14.5 Å². The summed E-state index contributed by atoms with van der Waals surface area (Å²) in [4.78, 5) is 17.9. The van der Waals surface area contributed by atoms with Gasteiger partial charge in [-0.25, -0.2) is 4.98 Å². The van der Waals surface area contributed by atoms with Gasteiger partial charge < -0.3 is 14.8 Å². The van der Waals surface area contributed by atoms with Crippen LogP contribution in [0.5, 0.6) is 11.5 Å². The molecule has 1 aromatic heterocycles. The molecule has 5 heteroatoms. The summed E-state index contributed by atoms with van der Waals surface area (Å²) < 4.78 is 10.7. The van der Waals surface area contributed by atoms with Crippen LogP contribution in [0, 0.1) is 0 Å². The van der Waals surface area contributed by atoms with E-state index in [1.807, 2.05) is 78.9 Å². The number of ether oxygens (including phenoxy) is 2. The molecule has 0 unspecified atom stereocenters. The Bertz CT molecular complexity index is 1190. The van der Waals surface area contributed by atoms with E-state index in [0.29, 0.717) is 23.4 Å². The quantitative estimate of drug-likeness (QED) is 0.504. The van der Waals surface area contributed by atoms with Crippen LogP contribution in [-0.2, 0) is 6.54 Å². The van der Waals surface area contributed by atoms with Gasteiger partial charge in [-0.2, -0.15) is 0 Å². The second-order valence-corrected chi connectivity index (χ2v) is 6.80. The molecule has 0 atom stereocenters. The number of carbonyl (C=O) groups is 1. The zero-order chi connectivity index (χ0) is 20.9. The summed E-state index contributed by atoms with van der Waals surface area (Å²) in [5.41, 5.74) is 3.87. The number of amides is 1. The highest BCUT2D eigenvalue weighted by atomic mass is 16.5. The van der Waals surface area contributed by atoms with E-state index < -0.39 is 0 Å². The molecule has 4 aromatic rings. The molecule has 0 radical (unpaired) electrons. The van der Waals surface area contributed by atoms with Gasteiger partial charge in [0.2, 0.25) is 0 Å². The number of hydrogen-bond donors (Lipinski definition) is 1. The van der Waals surface area contributed by atoms with E-state index >= 15 is 0 Å². The molecule has 4 rings (SSSR count). The van der Waals surface area contributed by atoms with Crippen LogP contribution in [0.25, 0.3) is 22.2 Å². The van der Waals surface area contributed by atoms with Gasteiger partial charge in [-0.15, -0.1) is 0 Å². The van der Waals surface area contributed by atoms with Gasteiger partial charge in [0.05, 0.1) is 31.0 Å². The highest BCUT2D eigenvalue weighted by Gasteiger charge is 2.15. The van der Waals surface area contributed by atoms with Gasteiger partial charge in [0, 0.05) is 29.1 Å². The number of benzene rings is 3. The number of para-hydroxylation sites is 1. The van der Waals surface area contributed by atoms with Crippen molar-refractivity contribution in [2.45, 2.75) is 6.54 Å². The van der Waals surface area contributed by atoms with Crippen molar-refractivity contribution in [2.24, 2.45) is 0 Å². The predicted molar refractivity (Wildman–Crippen MR) is 118 cm³/mol. The SMILES string of the molecule is COc1ccc2c(C(=O)NCc3ccccc3OC)cc(-c3ccccc3)nc2c1. The third-order valence-corrected chi connectivity index (χ3v) is 4.96. The van der Waals surface area contributed by atoms with E-state index in [0.717, 1.165) is 28.0 Å². The van der Waals surface area contributed by atoms with E-state index in [9.17, 15) is 4.79 Å². The Morgan fingerprint density at radius 2 is 1.67 bits per heavy atom. The molecular weight excluding hydrogens is 376 g/mol. The maximum atomic E-state index is 13.2. The molecule has 5 nitrogen and oxygen atoms in total. The predicted octanol–water partition coefficient (Wildman–Crippen LogP) is 4.85. The maximum Gasteiger partial charge on any atom is 0.252 e. The fourth-order valence-corrected chi connectivity index (χ4v) is 3.40. The van der Waals surface area contributed by atoms with Crippen LogP contribution < -0.4 is 14.8 Å². The van der Waals surface area contributed by atoms with Gasteiger partial charge in [-0.1, -0.05) is 48.5 Å². The molecule has 0 aliphatic carbocycles. The molecule has 0 aliphatic heterocycles. The normalized spacial score (nSPS) is 10.6. The van der Waals surface area contributed by atoms with Crippen molar-refractivity contribution < 1.29 is 14.3 Å². The van der Waals surface area contributed by atoms with Crippen molar-refractivity contribution in [2.75, 3.05) is 14.2 Å². The highest BCUT2D eigenvalue weighted by Crippen LogP contribution is 2.28. The molecular formula is C25H22N2O3. The number of aromatic nitrogens is 1.